The number of nitrogens with zero attached hydrogens (tertiary/aromatic N) is 1. The average molecular weight is 548 g/mol. The second kappa shape index (κ2) is 11.0. The summed E-state index contributed by atoms with van der Waals surface area (Å²) in [6, 6.07) is 12.9. The third-order valence-electron chi connectivity index (χ3n) is 9.88. The highest BCUT2D eigenvalue weighted by molar-refractivity contribution is 6.13. The number of hydrogen-bond acceptors (Lipinski definition) is 4. The van der Waals surface area contributed by atoms with Crippen molar-refractivity contribution in [2.75, 3.05) is 27.2 Å². The molecule has 3 aliphatic rings. The fourth-order valence-corrected chi connectivity index (χ4v) is 7.72. The number of nitrogens with two attached hydrogens (primary N) is 1. The van der Waals surface area contributed by atoms with E-state index in [9.17, 15) is 4.79 Å². The van der Waals surface area contributed by atoms with Crippen LogP contribution in [0.4, 0.5) is 0 Å². The summed E-state index contributed by atoms with van der Waals surface area (Å²) in [5, 5.41) is 3.46. The molecule has 4 atom stereocenters. The van der Waals surface area contributed by atoms with E-state index in [1.807, 2.05) is 0 Å². The summed E-state index contributed by atoms with van der Waals surface area (Å²) in [6.07, 6.45) is 1.85. The molecule has 4 nitrogen and oxygen atoms in total. The molecule has 0 saturated heterocycles. The molecule has 0 bridgehead atoms. The van der Waals surface area contributed by atoms with Gasteiger partial charge in [0.15, 0.2) is 5.78 Å². The molecule has 0 heterocycles. The van der Waals surface area contributed by atoms with Crippen LogP contribution < -0.4 is 11.1 Å². The van der Waals surface area contributed by atoms with Crippen molar-refractivity contribution in [1.29, 1.82) is 0 Å². The molecule has 4 heteroatoms. The van der Waals surface area contributed by atoms with Crippen molar-refractivity contribution in [2.24, 2.45) is 29.4 Å². The van der Waals surface area contributed by atoms with Gasteiger partial charge in [-0.05, 0) is 110 Å². The number of aryl methyl sites for hydroxylation is 1. The number of nitrogens with one attached hydrogen (secondary N) is 1. The zero-order valence-electron chi connectivity index (χ0n) is 25.7. The van der Waals surface area contributed by atoms with E-state index in [2.05, 4.69) is 108 Å². The monoisotopic (exact) mass is 547 g/mol. The van der Waals surface area contributed by atoms with Crippen LogP contribution in [0.15, 0.2) is 89.7 Å². The van der Waals surface area contributed by atoms with Crippen LogP contribution in [-0.4, -0.2) is 37.9 Å². The second-order valence-electron chi connectivity index (χ2n) is 12.7. The smallest absolute Gasteiger partial charge is 0.189 e. The van der Waals surface area contributed by atoms with Gasteiger partial charge in [-0.15, -0.1) is 0 Å². The molecule has 214 valence electrons. The van der Waals surface area contributed by atoms with Crippen LogP contribution in [-0.2, 0) is 6.42 Å². The van der Waals surface area contributed by atoms with Crippen molar-refractivity contribution in [3.8, 4) is 11.1 Å². The van der Waals surface area contributed by atoms with Crippen LogP contribution in [0.3, 0.4) is 0 Å². The number of allylic oxidation sites excluding steroid dienone is 4. The first-order valence-electron chi connectivity index (χ1n) is 14.8. The molecule has 0 saturated carbocycles. The van der Waals surface area contributed by atoms with Gasteiger partial charge < -0.3 is 16.0 Å². The molecule has 5 rings (SSSR count). The molecule has 0 aromatic heterocycles. The van der Waals surface area contributed by atoms with Crippen LogP contribution in [0, 0.1) is 30.6 Å². The van der Waals surface area contributed by atoms with E-state index in [-0.39, 0.29) is 17.6 Å². The zero-order valence-corrected chi connectivity index (χ0v) is 25.7. The molecule has 4 unspecified atom stereocenters. The minimum Gasteiger partial charge on any atom is -0.399 e. The van der Waals surface area contributed by atoms with Crippen molar-refractivity contribution >= 4 is 11.5 Å². The molecule has 41 heavy (non-hydrogen) atoms. The lowest BCUT2D eigenvalue weighted by molar-refractivity contribution is 0.0988. The summed E-state index contributed by atoms with van der Waals surface area (Å²) >= 11 is 0. The van der Waals surface area contributed by atoms with E-state index in [1.54, 1.807) is 0 Å². The van der Waals surface area contributed by atoms with Crippen molar-refractivity contribution < 1.29 is 4.79 Å². The minimum absolute atomic E-state index is 0.131. The topological polar surface area (TPSA) is 58.4 Å². The number of fused-ring (bicyclic) bond motifs is 3. The molecule has 2 aromatic carbocycles. The number of ketones is 1. The largest absolute Gasteiger partial charge is 0.399 e. The zero-order chi connectivity index (χ0) is 29.7. The van der Waals surface area contributed by atoms with Crippen LogP contribution in [0.25, 0.3) is 16.8 Å². The fourth-order valence-electron chi connectivity index (χ4n) is 7.72. The number of carbonyl (C=O) groups is 1. The Morgan fingerprint density at radius 1 is 1.10 bits per heavy atom. The standard InChI is InChI=1S/C37H45N3O/c1-20-13-14-30(28-12-10-11-27(17-28)26(7)39-15-16-40(8)9)32-19-29-18-31-21(2)22(3)34(25(6)38)23(4)35(31)24(5)36(29)37(41)33(20)32/h10-14,17,21,29,31,35,39H,4,6-7,15-16,18-19,38H2,1-3,5,8-9H3. The Morgan fingerprint density at radius 3 is 2.51 bits per heavy atom. The SMILES string of the molecule is C=C(N)C1=C(C)C(C)C2CC3Cc4c(-c5cccc(C(=C)NCCN(C)C)c5)ccc(C)c4C(=O)C3=C(C)C2C1=C. The van der Waals surface area contributed by atoms with Crippen LogP contribution in [0.5, 0.6) is 0 Å². The Balaban J connectivity index is 1.55. The lowest BCUT2D eigenvalue weighted by Crippen LogP contribution is -2.41. The maximum absolute atomic E-state index is 14.4. The summed E-state index contributed by atoms with van der Waals surface area (Å²) < 4.78 is 0. The van der Waals surface area contributed by atoms with Crippen molar-refractivity contribution in [3.63, 3.8) is 0 Å². The van der Waals surface area contributed by atoms with Crippen LogP contribution in [0.1, 0.15) is 54.2 Å². The minimum atomic E-state index is 0.131. The van der Waals surface area contributed by atoms with Gasteiger partial charge in [0.1, 0.15) is 0 Å². The molecular weight excluding hydrogens is 502 g/mol. The molecule has 0 fully saturated rings. The van der Waals surface area contributed by atoms with E-state index in [0.717, 1.165) is 76.2 Å². The summed E-state index contributed by atoms with van der Waals surface area (Å²) in [7, 11) is 4.14. The number of hydrogen-bond donors (Lipinski definition) is 2. The van der Waals surface area contributed by atoms with Crippen molar-refractivity contribution in [1.82, 2.24) is 10.2 Å². The molecule has 2 aromatic rings. The summed E-state index contributed by atoms with van der Waals surface area (Å²) in [5.74, 6) is 1.29. The Labute approximate surface area is 246 Å². The van der Waals surface area contributed by atoms with Gasteiger partial charge in [-0.2, -0.15) is 0 Å². The summed E-state index contributed by atoms with van der Waals surface area (Å²) in [4.78, 5) is 16.5. The average Bonchev–Trinajstić information content (AvgIpc) is 2.91. The first kappa shape index (κ1) is 28.9. The van der Waals surface area contributed by atoms with E-state index in [1.165, 1.54) is 16.7 Å². The highest BCUT2D eigenvalue weighted by atomic mass is 16.1. The molecule has 0 amide bonds. The van der Waals surface area contributed by atoms with Gasteiger partial charge in [-0.25, -0.2) is 0 Å². The van der Waals surface area contributed by atoms with E-state index >= 15 is 0 Å². The van der Waals surface area contributed by atoms with Gasteiger partial charge in [0.25, 0.3) is 0 Å². The van der Waals surface area contributed by atoms with Gasteiger partial charge in [0.05, 0.1) is 0 Å². The maximum atomic E-state index is 14.4. The third kappa shape index (κ3) is 4.93. The van der Waals surface area contributed by atoms with Gasteiger partial charge in [0, 0.05) is 41.5 Å². The quantitative estimate of drug-likeness (QED) is 0.389. The first-order valence-corrected chi connectivity index (χ1v) is 14.8. The highest BCUT2D eigenvalue weighted by Gasteiger charge is 2.47. The number of benzene rings is 2. The van der Waals surface area contributed by atoms with Crippen molar-refractivity contribution in [3.05, 3.63) is 112 Å². The van der Waals surface area contributed by atoms with E-state index < -0.39 is 0 Å². The number of carbonyl (C=O) groups excluding carboxylic acids is 1. The molecule has 0 spiro atoms. The molecular formula is C37H45N3O. The van der Waals surface area contributed by atoms with Gasteiger partial charge >= 0.3 is 0 Å². The predicted octanol–water partition coefficient (Wildman–Crippen LogP) is 7.09. The lowest BCUT2D eigenvalue weighted by Gasteiger charge is -2.48. The number of Topliss-reactive ketones (excluding diaryl/α,β-unsaturated/α-hetero) is 1. The summed E-state index contributed by atoms with van der Waals surface area (Å²) in [5.41, 5.74) is 19.7. The van der Waals surface area contributed by atoms with Gasteiger partial charge in [-0.1, -0.05) is 68.1 Å². The van der Waals surface area contributed by atoms with Crippen LogP contribution >= 0.6 is 0 Å². The third-order valence-corrected chi connectivity index (χ3v) is 9.88. The molecule has 0 aliphatic heterocycles. The van der Waals surface area contributed by atoms with Crippen molar-refractivity contribution in [2.45, 2.75) is 40.5 Å². The van der Waals surface area contributed by atoms with Gasteiger partial charge in [-0.3, -0.25) is 4.79 Å². The number of likely N-dealkylation sites (N-methyl/N-ethyl adjacent to an activating group) is 1. The highest BCUT2D eigenvalue weighted by Crippen LogP contribution is 2.55. The maximum Gasteiger partial charge on any atom is 0.189 e. The predicted molar refractivity (Wildman–Crippen MR) is 172 cm³/mol. The summed E-state index contributed by atoms with van der Waals surface area (Å²) in [6.45, 7) is 23.3. The molecule has 3 N–H and O–H groups in total. The van der Waals surface area contributed by atoms with E-state index in [0.29, 0.717) is 17.5 Å². The second-order valence-corrected chi connectivity index (χ2v) is 12.7. The fraction of sp³-hybridized carbons (Fsp3) is 0.378. The Morgan fingerprint density at radius 2 is 1.83 bits per heavy atom. The first-order chi connectivity index (χ1) is 19.4. The normalized spacial score (nSPS) is 23.8. The van der Waals surface area contributed by atoms with Gasteiger partial charge in [0.2, 0.25) is 0 Å². The van der Waals surface area contributed by atoms with Crippen LogP contribution in [0.2, 0.25) is 0 Å². The Bertz CT molecular complexity index is 1540. The number of rotatable bonds is 7. The lowest BCUT2D eigenvalue weighted by atomic mass is 9.56. The van der Waals surface area contributed by atoms with E-state index in [4.69, 9.17) is 5.73 Å². The molecule has 3 aliphatic carbocycles. The Kier molecular flexibility index (Phi) is 7.74. The molecule has 0 radical (unpaired) electrons. The Hall–Kier alpha value is -3.63.